The van der Waals surface area contributed by atoms with Gasteiger partial charge in [-0.25, -0.2) is 18.4 Å². The number of halogens is 2. The van der Waals surface area contributed by atoms with E-state index in [1.807, 2.05) is 19.9 Å². The van der Waals surface area contributed by atoms with Gasteiger partial charge >= 0.3 is 0 Å². The Kier molecular flexibility index (Phi) is 3.85. The fourth-order valence-corrected chi connectivity index (χ4v) is 2.82. The van der Waals surface area contributed by atoms with E-state index in [4.69, 9.17) is 0 Å². The maximum Gasteiger partial charge on any atom is 0.248 e. The molecule has 0 amide bonds. The predicted octanol–water partition coefficient (Wildman–Crippen LogP) is 3.67. The molecule has 1 radical (unpaired) electrons. The van der Waals surface area contributed by atoms with Crippen LogP contribution in [0.15, 0.2) is 18.2 Å². The lowest BCUT2D eigenvalue weighted by Crippen LogP contribution is -2.32. The number of aryl methyl sites for hydroxylation is 2. The van der Waals surface area contributed by atoms with E-state index in [1.54, 1.807) is 16.8 Å². The summed E-state index contributed by atoms with van der Waals surface area (Å²) in [5.74, 6) is -1.18. The van der Waals surface area contributed by atoms with Gasteiger partial charge in [0.25, 0.3) is 0 Å². The Bertz CT molecular complexity index is 656. The largest absolute Gasteiger partial charge is 0.367 e. The molecule has 0 bridgehead atoms. The van der Waals surface area contributed by atoms with Gasteiger partial charge in [-0.05, 0) is 51.0 Å². The van der Waals surface area contributed by atoms with Crippen LogP contribution in [0.5, 0.6) is 0 Å². The zero-order chi connectivity index (χ0) is 15.7. The molecule has 4 nitrogen and oxygen atoms in total. The van der Waals surface area contributed by atoms with Gasteiger partial charge in [0.2, 0.25) is 5.92 Å². The van der Waals surface area contributed by atoms with Crippen molar-refractivity contribution < 1.29 is 8.78 Å². The Balaban J connectivity index is 1.73. The summed E-state index contributed by atoms with van der Waals surface area (Å²) in [6, 6.07) is 8.55. The Labute approximate surface area is 128 Å². The highest BCUT2D eigenvalue weighted by atomic mass is 19.3. The number of alkyl halides is 2. The van der Waals surface area contributed by atoms with Gasteiger partial charge in [0.1, 0.15) is 5.82 Å². The number of nitrogens with zero attached hydrogens (tertiary/aromatic N) is 3. The van der Waals surface area contributed by atoms with Gasteiger partial charge in [0, 0.05) is 24.6 Å². The number of nitrogens with one attached hydrogen (secondary N) is 1. The van der Waals surface area contributed by atoms with Crippen molar-refractivity contribution in [2.75, 3.05) is 5.32 Å². The third-order valence-electron chi connectivity index (χ3n) is 3.96. The molecule has 0 spiro atoms. The van der Waals surface area contributed by atoms with Gasteiger partial charge in [0.15, 0.2) is 5.82 Å². The fraction of sp³-hybridized carbons (Fsp3) is 0.500. The lowest BCUT2D eigenvalue weighted by molar-refractivity contribution is -0.0361. The van der Waals surface area contributed by atoms with Crippen LogP contribution in [0.1, 0.15) is 37.1 Å². The van der Waals surface area contributed by atoms with Gasteiger partial charge in [-0.3, -0.25) is 0 Å². The maximum atomic E-state index is 13.2. The molecule has 0 aliphatic heterocycles. The summed E-state index contributed by atoms with van der Waals surface area (Å²) in [5, 5.41) is 7.63. The second-order valence-electron chi connectivity index (χ2n) is 5.92. The molecule has 0 aromatic carbocycles. The molecule has 2 heterocycles. The van der Waals surface area contributed by atoms with Gasteiger partial charge in [-0.1, -0.05) is 0 Å². The molecule has 0 saturated heterocycles. The van der Waals surface area contributed by atoms with E-state index in [1.165, 1.54) is 0 Å². The number of rotatable bonds is 3. The number of anilines is 1. The minimum absolute atomic E-state index is 0.0382. The second-order valence-corrected chi connectivity index (χ2v) is 5.92. The van der Waals surface area contributed by atoms with Gasteiger partial charge in [0.05, 0.1) is 5.69 Å². The summed E-state index contributed by atoms with van der Waals surface area (Å²) in [4.78, 5) is 4.52. The van der Waals surface area contributed by atoms with E-state index in [9.17, 15) is 8.78 Å². The lowest BCUT2D eigenvalue weighted by Gasteiger charge is -2.29. The smallest absolute Gasteiger partial charge is 0.248 e. The Hall–Kier alpha value is -1.98. The van der Waals surface area contributed by atoms with E-state index in [0.717, 1.165) is 11.4 Å². The average Bonchev–Trinajstić information content (AvgIpc) is 2.80. The van der Waals surface area contributed by atoms with E-state index in [0.29, 0.717) is 24.5 Å². The summed E-state index contributed by atoms with van der Waals surface area (Å²) < 4.78 is 28.1. The SMILES string of the molecule is Cc1cc(C)n(-c2c[c]cc(NC3CCC(F)(F)CC3)n2)n1. The summed E-state index contributed by atoms with van der Waals surface area (Å²) >= 11 is 0. The highest BCUT2D eigenvalue weighted by molar-refractivity contribution is 5.40. The molecule has 1 saturated carbocycles. The van der Waals surface area contributed by atoms with Crippen molar-refractivity contribution >= 4 is 5.82 Å². The highest BCUT2D eigenvalue weighted by Crippen LogP contribution is 2.34. The van der Waals surface area contributed by atoms with E-state index < -0.39 is 5.92 Å². The van der Waals surface area contributed by atoms with Crippen molar-refractivity contribution in [2.24, 2.45) is 0 Å². The molecule has 0 atom stereocenters. The van der Waals surface area contributed by atoms with Crippen LogP contribution >= 0.6 is 0 Å². The van der Waals surface area contributed by atoms with Crippen LogP contribution < -0.4 is 5.32 Å². The number of pyridine rings is 1. The fourth-order valence-electron chi connectivity index (χ4n) is 2.82. The normalized spacial score (nSPS) is 18.4. The van der Waals surface area contributed by atoms with Gasteiger partial charge in [-0.2, -0.15) is 5.10 Å². The number of aromatic nitrogens is 3. The van der Waals surface area contributed by atoms with Crippen LogP contribution in [0.2, 0.25) is 0 Å². The van der Waals surface area contributed by atoms with Crippen LogP contribution in [0, 0.1) is 19.9 Å². The van der Waals surface area contributed by atoms with E-state index in [2.05, 4.69) is 21.5 Å². The Morgan fingerprint density at radius 1 is 1.27 bits per heavy atom. The first kappa shape index (κ1) is 14.9. The summed E-state index contributed by atoms with van der Waals surface area (Å²) in [7, 11) is 0. The second kappa shape index (κ2) is 5.66. The summed E-state index contributed by atoms with van der Waals surface area (Å²) in [5.41, 5.74) is 1.92. The molecule has 6 heteroatoms. The van der Waals surface area contributed by atoms with E-state index >= 15 is 0 Å². The lowest BCUT2D eigenvalue weighted by atomic mass is 9.92. The standard InChI is InChI=1S/C16H19F2N4/c1-11-10-12(2)22(21-11)15-5-3-4-14(20-15)19-13-6-8-16(17,18)9-7-13/h4-5,10,13H,6-9H2,1-2H3,(H,19,20). The minimum atomic E-state index is -2.51. The third kappa shape index (κ3) is 3.26. The highest BCUT2D eigenvalue weighted by Gasteiger charge is 2.34. The maximum absolute atomic E-state index is 13.2. The van der Waals surface area contributed by atoms with Crippen molar-refractivity contribution in [3.63, 3.8) is 0 Å². The molecule has 1 N–H and O–H groups in total. The summed E-state index contributed by atoms with van der Waals surface area (Å²) in [6.07, 6.45) is 0.786. The van der Waals surface area contributed by atoms with Crippen LogP contribution in [0.25, 0.3) is 5.82 Å². The van der Waals surface area contributed by atoms with Crippen LogP contribution in [-0.4, -0.2) is 26.7 Å². The first-order valence-electron chi connectivity index (χ1n) is 7.49. The number of hydrogen-bond donors (Lipinski definition) is 1. The molecule has 2 aromatic heterocycles. The average molecular weight is 305 g/mol. The Morgan fingerprint density at radius 2 is 2.00 bits per heavy atom. The Morgan fingerprint density at radius 3 is 2.64 bits per heavy atom. The molecule has 1 fully saturated rings. The minimum Gasteiger partial charge on any atom is -0.367 e. The molecule has 22 heavy (non-hydrogen) atoms. The quantitative estimate of drug-likeness (QED) is 0.940. The zero-order valence-electron chi connectivity index (χ0n) is 12.7. The molecule has 2 aromatic rings. The van der Waals surface area contributed by atoms with Crippen molar-refractivity contribution in [2.45, 2.75) is 51.5 Å². The monoisotopic (exact) mass is 305 g/mol. The van der Waals surface area contributed by atoms with Crippen molar-refractivity contribution in [1.29, 1.82) is 0 Å². The molecule has 1 aliphatic carbocycles. The molecule has 117 valence electrons. The molecule has 1 aliphatic rings. The topological polar surface area (TPSA) is 42.7 Å². The zero-order valence-corrected chi connectivity index (χ0v) is 12.7. The number of hydrogen-bond acceptors (Lipinski definition) is 3. The van der Waals surface area contributed by atoms with Crippen LogP contribution in [0.4, 0.5) is 14.6 Å². The van der Waals surface area contributed by atoms with E-state index in [-0.39, 0.29) is 18.9 Å². The molecule has 3 rings (SSSR count). The third-order valence-corrected chi connectivity index (χ3v) is 3.96. The van der Waals surface area contributed by atoms with Crippen molar-refractivity contribution in [3.05, 3.63) is 35.7 Å². The van der Waals surface area contributed by atoms with Crippen LogP contribution in [-0.2, 0) is 0 Å². The summed E-state index contributed by atoms with van der Waals surface area (Å²) in [6.45, 7) is 3.89. The van der Waals surface area contributed by atoms with Crippen LogP contribution in [0.3, 0.4) is 0 Å². The molecular formula is C16H19F2N4. The predicted molar refractivity (Wildman–Crippen MR) is 80.5 cm³/mol. The first-order valence-corrected chi connectivity index (χ1v) is 7.49. The van der Waals surface area contributed by atoms with Crippen molar-refractivity contribution in [1.82, 2.24) is 14.8 Å². The van der Waals surface area contributed by atoms with Crippen molar-refractivity contribution in [3.8, 4) is 5.82 Å². The van der Waals surface area contributed by atoms with Gasteiger partial charge < -0.3 is 5.32 Å². The first-order chi connectivity index (χ1) is 10.4. The molecule has 0 unspecified atom stereocenters. The molecular weight excluding hydrogens is 286 g/mol. The van der Waals surface area contributed by atoms with Gasteiger partial charge in [-0.15, -0.1) is 0 Å².